The van der Waals surface area contributed by atoms with Crippen molar-refractivity contribution in [2.45, 2.75) is 47.3 Å². The van der Waals surface area contributed by atoms with Crippen LogP contribution in [0.2, 0.25) is 0 Å². The van der Waals surface area contributed by atoms with E-state index in [9.17, 15) is 4.79 Å². The lowest BCUT2D eigenvalue weighted by atomic mass is 10.1. The molecule has 0 aliphatic carbocycles. The van der Waals surface area contributed by atoms with Crippen molar-refractivity contribution in [1.29, 1.82) is 0 Å². The van der Waals surface area contributed by atoms with E-state index in [2.05, 4.69) is 26.3 Å². The van der Waals surface area contributed by atoms with Crippen molar-refractivity contribution < 1.29 is 13.9 Å². The van der Waals surface area contributed by atoms with Crippen LogP contribution in [0.25, 0.3) is 0 Å². The number of carbonyl (C=O) groups is 1. The Kier molecular flexibility index (Phi) is 6.79. The van der Waals surface area contributed by atoms with E-state index in [0.717, 1.165) is 45.7 Å². The molecule has 2 heterocycles. The molecule has 0 unspecified atom stereocenters. The summed E-state index contributed by atoms with van der Waals surface area (Å²) < 4.78 is 14.5. The summed E-state index contributed by atoms with van der Waals surface area (Å²) in [5.74, 6) is 1.54. The number of rotatable bonds is 8. The molecule has 1 amide bonds. The molecule has 0 aliphatic heterocycles. The van der Waals surface area contributed by atoms with Gasteiger partial charge in [0, 0.05) is 18.8 Å². The molecule has 7 heteroatoms. The van der Waals surface area contributed by atoms with E-state index in [-0.39, 0.29) is 12.5 Å². The van der Waals surface area contributed by atoms with Gasteiger partial charge in [0.1, 0.15) is 18.1 Å². The molecule has 0 saturated carbocycles. The monoisotopic (exact) mass is 459 g/mol. The number of nitrogens with one attached hydrogen (secondary N) is 1. The first-order chi connectivity index (χ1) is 13.9. The molecule has 0 saturated heterocycles. The Morgan fingerprint density at radius 2 is 1.90 bits per heavy atom. The van der Waals surface area contributed by atoms with Gasteiger partial charge in [-0.25, -0.2) is 0 Å². The van der Waals surface area contributed by atoms with Crippen LogP contribution < -0.4 is 10.1 Å². The highest BCUT2D eigenvalue weighted by molar-refractivity contribution is 9.10. The number of furan rings is 1. The van der Waals surface area contributed by atoms with Gasteiger partial charge < -0.3 is 14.5 Å². The average Bonchev–Trinajstić information content (AvgIpc) is 3.26. The first-order valence-electron chi connectivity index (χ1n) is 9.62. The maximum absolute atomic E-state index is 12.3. The van der Waals surface area contributed by atoms with Gasteiger partial charge in [0.2, 0.25) is 0 Å². The van der Waals surface area contributed by atoms with E-state index in [0.29, 0.717) is 18.1 Å². The summed E-state index contributed by atoms with van der Waals surface area (Å²) in [6, 6.07) is 9.47. The minimum Gasteiger partial charge on any atom is -0.485 e. The number of nitrogens with zero attached hydrogens (tertiary/aromatic N) is 2. The molecule has 0 fully saturated rings. The largest absolute Gasteiger partial charge is 0.485 e. The molecule has 0 radical (unpaired) electrons. The summed E-state index contributed by atoms with van der Waals surface area (Å²) in [5.41, 5.74) is 4.21. The topological polar surface area (TPSA) is 69.3 Å². The molecule has 2 aromatic heterocycles. The highest BCUT2D eigenvalue weighted by Gasteiger charge is 2.13. The Hall–Kier alpha value is -2.54. The maximum Gasteiger partial charge on any atom is 0.286 e. The first-order valence-corrected chi connectivity index (χ1v) is 10.4. The minimum atomic E-state index is -0.224. The summed E-state index contributed by atoms with van der Waals surface area (Å²) >= 11 is 3.52. The van der Waals surface area contributed by atoms with Crippen LogP contribution in [0.1, 0.15) is 45.3 Å². The maximum atomic E-state index is 12.3. The Labute approximate surface area is 179 Å². The lowest BCUT2D eigenvalue weighted by molar-refractivity contribution is 0.0920. The van der Waals surface area contributed by atoms with E-state index in [1.54, 1.807) is 12.1 Å². The predicted molar refractivity (Wildman–Crippen MR) is 115 cm³/mol. The van der Waals surface area contributed by atoms with Gasteiger partial charge in [-0.1, -0.05) is 18.2 Å². The summed E-state index contributed by atoms with van der Waals surface area (Å²) in [6.07, 6.45) is 0.781. The molecule has 3 rings (SSSR count). The van der Waals surface area contributed by atoms with Crippen molar-refractivity contribution in [1.82, 2.24) is 15.1 Å². The van der Waals surface area contributed by atoms with E-state index in [4.69, 9.17) is 9.15 Å². The Morgan fingerprint density at radius 1 is 1.17 bits per heavy atom. The van der Waals surface area contributed by atoms with Crippen LogP contribution in [0.5, 0.6) is 5.75 Å². The third-order valence-corrected chi connectivity index (χ3v) is 5.93. The van der Waals surface area contributed by atoms with E-state index in [1.165, 1.54) is 0 Å². The van der Waals surface area contributed by atoms with Crippen LogP contribution in [0, 0.1) is 27.7 Å². The fourth-order valence-corrected chi connectivity index (χ4v) is 3.44. The van der Waals surface area contributed by atoms with E-state index < -0.39 is 0 Å². The van der Waals surface area contributed by atoms with Crippen LogP contribution in [0.15, 0.2) is 39.2 Å². The third-order valence-electron chi connectivity index (χ3n) is 4.78. The first kappa shape index (κ1) is 21.2. The quantitative estimate of drug-likeness (QED) is 0.487. The molecule has 0 aliphatic rings. The van der Waals surface area contributed by atoms with Gasteiger partial charge in [-0.3, -0.25) is 9.48 Å². The Bertz CT molecular complexity index is 987. The highest BCUT2D eigenvalue weighted by atomic mass is 79.9. The standard InChI is InChI=1S/C22H26BrN3O3/c1-14-7-5-8-15(2)21(14)28-13-18-9-10-19(29-18)22(27)24-11-6-12-26-17(4)20(23)16(3)25-26/h5,7-10H,6,11-13H2,1-4H3,(H,24,27). The van der Waals surface area contributed by atoms with Gasteiger partial charge in [0.15, 0.2) is 5.76 Å². The molecule has 3 aromatic rings. The normalized spacial score (nSPS) is 10.9. The number of carbonyl (C=O) groups excluding carboxylic acids is 1. The fraction of sp³-hybridized carbons (Fsp3) is 0.364. The molecule has 0 atom stereocenters. The van der Waals surface area contributed by atoms with Crippen LogP contribution in [-0.4, -0.2) is 22.2 Å². The molecule has 1 N–H and O–H groups in total. The molecular formula is C22H26BrN3O3. The molecule has 6 nitrogen and oxygen atoms in total. The number of para-hydroxylation sites is 1. The minimum absolute atomic E-state index is 0.224. The smallest absolute Gasteiger partial charge is 0.286 e. The number of hydrogen-bond donors (Lipinski definition) is 1. The second-order valence-corrected chi connectivity index (χ2v) is 7.89. The predicted octanol–water partition coefficient (Wildman–Crippen LogP) is 4.87. The van der Waals surface area contributed by atoms with Crippen molar-refractivity contribution >= 4 is 21.8 Å². The Balaban J connectivity index is 1.47. The summed E-state index contributed by atoms with van der Waals surface area (Å²) in [6.45, 7) is 9.57. The molecule has 1 aromatic carbocycles. The van der Waals surface area contributed by atoms with Gasteiger partial charge in [-0.15, -0.1) is 0 Å². The molecule has 0 spiro atoms. The van der Waals surface area contributed by atoms with Gasteiger partial charge in [-0.05, 0) is 73.3 Å². The number of hydrogen-bond acceptors (Lipinski definition) is 4. The number of benzene rings is 1. The second kappa shape index (κ2) is 9.31. The zero-order valence-electron chi connectivity index (χ0n) is 17.2. The van der Waals surface area contributed by atoms with Crippen molar-refractivity contribution in [2.75, 3.05) is 6.54 Å². The summed E-state index contributed by atoms with van der Waals surface area (Å²) in [4.78, 5) is 12.3. The lowest BCUT2D eigenvalue weighted by Gasteiger charge is -2.10. The number of amides is 1. The van der Waals surface area contributed by atoms with E-state index in [1.807, 2.05) is 50.6 Å². The number of aryl methyl sites for hydroxylation is 4. The lowest BCUT2D eigenvalue weighted by Crippen LogP contribution is -2.25. The zero-order chi connectivity index (χ0) is 21.0. The van der Waals surface area contributed by atoms with Crippen LogP contribution in [0.3, 0.4) is 0 Å². The van der Waals surface area contributed by atoms with Gasteiger partial charge in [0.25, 0.3) is 5.91 Å². The second-order valence-electron chi connectivity index (χ2n) is 7.09. The summed E-state index contributed by atoms with van der Waals surface area (Å²) in [7, 11) is 0. The van der Waals surface area contributed by atoms with Crippen molar-refractivity contribution in [3.8, 4) is 5.75 Å². The van der Waals surface area contributed by atoms with Gasteiger partial charge in [-0.2, -0.15) is 5.10 Å². The highest BCUT2D eigenvalue weighted by Crippen LogP contribution is 2.24. The number of halogens is 1. The SMILES string of the molecule is Cc1cccc(C)c1OCc1ccc(C(=O)NCCCn2nc(C)c(Br)c2C)o1. The van der Waals surface area contributed by atoms with E-state index >= 15 is 0 Å². The van der Waals surface area contributed by atoms with Crippen molar-refractivity contribution in [3.05, 3.63) is 68.8 Å². The average molecular weight is 460 g/mol. The third kappa shape index (κ3) is 5.09. The van der Waals surface area contributed by atoms with Crippen molar-refractivity contribution in [2.24, 2.45) is 0 Å². The molecule has 29 heavy (non-hydrogen) atoms. The number of ether oxygens (including phenoxy) is 1. The molecule has 0 bridgehead atoms. The molecule has 154 valence electrons. The van der Waals surface area contributed by atoms with Crippen LogP contribution >= 0.6 is 15.9 Å². The van der Waals surface area contributed by atoms with Gasteiger partial charge in [0.05, 0.1) is 10.2 Å². The van der Waals surface area contributed by atoms with Crippen molar-refractivity contribution in [3.63, 3.8) is 0 Å². The Morgan fingerprint density at radius 3 is 2.55 bits per heavy atom. The zero-order valence-corrected chi connectivity index (χ0v) is 18.8. The fourth-order valence-electron chi connectivity index (χ4n) is 3.16. The number of aromatic nitrogens is 2. The molecular weight excluding hydrogens is 434 g/mol. The summed E-state index contributed by atoms with van der Waals surface area (Å²) in [5, 5.41) is 7.36. The van der Waals surface area contributed by atoms with Crippen LogP contribution in [-0.2, 0) is 13.2 Å². The van der Waals surface area contributed by atoms with Crippen LogP contribution in [0.4, 0.5) is 0 Å². The van der Waals surface area contributed by atoms with Gasteiger partial charge >= 0.3 is 0 Å².